The summed E-state index contributed by atoms with van der Waals surface area (Å²) >= 11 is 1.35. The molecule has 2 aromatic heterocycles. The summed E-state index contributed by atoms with van der Waals surface area (Å²) in [6.07, 6.45) is 4.55. The van der Waals surface area contributed by atoms with Gasteiger partial charge in [-0.25, -0.2) is 9.78 Å². The number of anilines is 1. The van der Waals surface area contributed by atoms with Crippen LogP contribution < -0.4 is 10.1 Å². The lowest BCUT2D eigenvalue weighted by Gasteiger charge is -2.26. The molecule has 10 heteroatoms. The highest BCUT2D eigenvalue weighted by atomic mass is 32.1. The summed E-state index contributed by atoms with van der Waals surface area (Å²) in [5, 5.41) is 13.2. The summed E-state index contributed by atoms with van der Waals surface area (Å²) in [6, 6.07) is 9.82. The first kappa shape index (κ1) is 24.3. The van der Waals surface area contributed by atoms with Crippen molar-refractivity contribution in [1.82, 2.24) is 14.5 Å². The fourth-order valence-electron chi connectivity index (χ4n) is 4.04. The van der Waals surface area contributed by atoms with E-state index in [0.29, 0.717) is 43.0 Å². The topological polar surface area (TPSA) is 109 Å². The number of carbonyl (C=O) groups is 2. The summed E-state index contributed by atoms with van der Waals surface area (Å²) in [6.45, 7) is 3.51. The molecular formula is C25H27N5O4S. The SMILES string of the molecule is COc1ccccc1CCC(=O)Nc1sc2c(c1C#N)CCN(C(=O)OCCn1cnc(C)c1)C2. The molecule has 0 fully saturated rings. The van der Waals surface area contributed by atoms with E-state index in [9.17, 15) is 14.9 Å². The first-order valence-electron chi connectivity index (χ1n) is 11.3. The smallest absolute Gasteiger partial charge is 0.410 e. The third kappa shape index (κ3) is 5.81. The van der Waals surface area contributed by atoms with E-state index in [-0.39, 0.29) is 25.0 Å². The maximum Gasteiger partial charge on any atom is 0.410 e. The minimum Gasteiger partial charge on any atom is -0.496 e. The molecule has 3 aromatic rings. The zero-order chi connectivity index (χ0) is 24.8. The molecule has 2 amide bonds. The maximum atomic E-state index is 12.6. The number of fused-ring (bicyclic) bond motifs is 1. The maximum absolute atomic E-state index is 12.6. The van der Waals surface area contributed by atoms with Crippen LogP contribution in [0.5, 0.6) is 5.75 Å². The minimum absolute atomic E-state index is 0.169. The molecule has 0 radical (unpaired) electrons. The van der Waals surface area contributed by atoms with Crippen molar-refractivity contribution in [3.05, 3.63) is 64.1 Å². The molecule has 0 atom stereocenters. The van der Waals surface area contributed by atoms with E-state index in [4.69, 9.17) is 9.47 Å². The Balaban J connectivity index is 1.34. The Morgan fingerprint density at radius 1 is 1.31 bits per heavy atom. The van der Waals surface area contributed by atoms with E-state index in [1.807, 2.05) is 42.0 Å². The molecule has 1 aliphatic rings. The average molecular weight is 494 g/mol. The van der Waals surface area contributed by atoms with Gasteiger partial charge >= 0.3 is 6.09 Å². The number of imidazole rings is 1. The van der Waals surface area contributed by atoms with E-state index < -0.39 is 0 Å². The van der Waals surface area contributed by atoms with Gasteiger partial charge in [-0.05, 0) is 37.0 Å². The number of nitrogens with one attached hydrogen (secondary N) is 1. The number of thiophene rings is 1. The zero-order valence-corrected chi connectivity index (χ0v) is 20.6. The number of carbonyl (C=O) groups excluding carboxylic acids is 2. The van der Waals surface area contributed by atoms with E-state index in [1.165, 1.54) is 11.3 Å². The van der Waals surface area contributed by atoms with Gasteiger partial charge in [0, 0.05) is 24.0 Å². The predicted molar refractivity (Wildman–Crippen MR) is 131 cm³/mol. The lowest BCUT2D eigenvalue weighted by molar-refractivity contribution is -0.116. The minimum atomic E-state index is -0.387. The molecule has 182 valence electrons. The zero-order valence-electron chi connectivity index (χ0n) is 19.7. The Bertz CT molecular complexity index is 1260. The fourth-order valence-corrected chi connectivity index (χ4v) is 5.27. The van der Waals surface area contributed by atoms with Crippen LogP contribution in [0.15, 0.2) is 36.8 Å². The van der Waals surface area contributed by atoms with Gasteiger partial charge in [0.1, 0.15) is 23.4 Å². The second-order valence-electron chi connectivity index (χ2n) is 8.22. The summed E-state index contributed by atoms with van der Waals surface area (Å²) in [7, 11) is 1.61. The van der Waals surface area contributed by atoms with Crippen LogP contribution in [0.3, 0.4) is 0 Å². The van der Waals surface area contributed by atoms with Crippen LogP contribution in [0, 0.1) is 18.3 Å². The van der Waals surface area contributed by atoms with E-state index in [0.717, 1.165) is 27.4 Å². The summed E-state index contributed by atoms with van der Waals surface area (Å²) < 4.78 is 12.6. The number of methoxy groups -OCH3 is 1. The van der Waals surface area contributed by atoms with Gasteiger partial charge in [-0.2, -0.15) is 5.26 Å². The fraction of sp³-hybridized carbons (Fsp3) is 0.360. The van der Waals surface area contributed by atoms with Crippen molar-refractivity contribution < 1.29 is 19.1 Å². The average Bonchev–Trinajstić information content (AvgIpc) is 3.44. The van der Waals surface area contributed by atoms with Crippen LogP contribution in [0.4, 0.5) is 9.80 Å². The van der Waals surface area contributed by atoms with Crippen LogP contribution in [-0.2, 0) is 35.5 Å². The first-order chi connectivity index (χ1) is 17.0. The van der Waals surface area contributed by atoms with E-state index in [1.54, 1.807) is 18.3 Å². The number of amides is 2. The van der Waals surface area contributed by atoms with Gasteiger partial charge in [0.25, 0.3) is 0 Å². The Morgan fingerprint density at radius 2 is 2.14 bits per heavy atom. The number of ether oxygens (including phenoxy) is 2. The van der Waals surface area contributed by atoms with Gasteiger partial charge in [0.05, 0.1) is 37.8 Å². The van der Waals surface area contributed by atoms with Gasteiger partial charge in [0.15, 0.2) is 0 Å². The van der Waals surface area contributed by atoms with Crippen LogP contribution in [0.25, 0.3) is 0 Å². The summed E-state index contributed by atoms with van der Waals surface area (Å²) in [5.41, 5.74) is 3.25. The molecule has 0 unspecified atom stereocenters. The number of aryl methyl sites for hydroxylation is 2. The molecule has 0 aliphatic carbocycles. The molecule has 1 N–H and O–H groups in total. The molecule has 1 aromatic carbocycles. The van der Waals surface area contributed by atoms with Crippen molar-refractivity contribution in [1.29, 1.82) is 5.26 Å². The van der Waals surface area contributed by atoms with Gasteiger partial charge < -0.3 is 24.3 Å². The Kier molecular flexibility index (Phi) is 7.67. The molecule has 1 aliphatic heterocycles. The highest BCUT2D eigenvalue weighted by Gasteiger charge is 2.28. The number of para-hydroxylation sites is 1. The molecular weight excluding hydrogens is 466 g/mol. The molecule has 9 nitrogen and oxygen atoms in total. The number of hydrogen-bond acceptors (Lipinski definition) is 7. The summed E-state index contributed by atoms with van der Waals surface area (Å²) in [5.74, 6) is 0.578. The number of nitriles is 1. The largest absolute Gasteiger partial charge is 0.496 e. The molecule has 0 spiro atoms. The predicted octanol–water partition coefficient (Wildman–Crippen LogP) is 3.90. The van der Waals surface area contributed by atoms with E-state index >= 15 is 0 Å². The van der Waals surface area contributed by atoms with Crippen LogP contribution in [0.1, 0.15) is 33.7 Å². The van der Waals surface area contributed by atoms with Crippen molar-refractivity contribution in [2.75, 3.05) is 25.6 Å². The Hall–Kier alpha value is -3.84. The first-order valence-corrected chi connectivity index (χ1v) is 12.2. The van der Waals surface area contributed by atoms with Gasteiger partial charge in [-0.15, -0.1) is 11.3 Å². The molecule has 0 bridgehead atoms. The number of aromatic nitrogens is 2. The van der Waals surface area contributed by atoms with Crippen molar-refractivity contribution in [3.8, 4) is 11.8 Å². The lowest BCUT2D eigenvalue weighted by Crippen LogP contribution is -2.36. The monoisotopic (exact) mass is 493 g/mol. The van der Waals surface area contributed by atoms with Gasteiger partial charge in [-0.3, -0.25) is 4.79 Å². The van der Waals surface area contributed by atoms with E-state index in [2.05, 4.69) is 16.4 Å². The van der Waals surface area contributed by atoms with Crippen molar-refractivity contribution >= 4 is 28.3 Å². The second kappa shape index (κ2) is 11.1. The van der Waals surface area contributed by atoms with Crippen molar-refractivity contribution in [3.63, 3.8) is 0 Å². The van der Waals surface area contributed by atoms with Gasteiger partial charge in [0.2, 0.25) is 5.91 Å². The summed E-state index contributed by atoms with van der Waals surface area (Å²) in [4.78, 5) is 31.9. The highest BCUT2D eigenvalue weighted by Crippen LogP contribution is 2.37. The molecule has 4 rings (SSSR count). The van der Waals surface area contributed by atoms with Crippen LogP contribution in [-0.4, -0.2) is 46.7 Å². The number of hydrogen-bond donors (Lipinski definition) is 1. The molecule has 0 saturated carbocycles. The Morgan fingerprint density at radius 3 is 2.89 bits per heavy atom. The standard InChI is InChI=1S/C25H27N5O4S/c1-17-14-29(16-27-17)11-12-34-25(32)30-10-9-19-20(13-26)24(35-22(19)15-30)28-23(31)8-7-18-5-3-4-6-21(18)33-2/h3-6,14,16H,7-12,15H2,1-2H3,(H,28,31). The van der Waals surface area contributed by atoms with Crippen molar-refractivity contribution in [2.45, 2.75) is 39.3 Å². The number of benzene rings is 1. The molecule has 35 heavy (non-hydrogen) atoms. The lowest BCUT2D eigenvalue weighted by atomic mass is 10.0. The number of rotatable bonds is 8. The number of nitrogens with zero attached hydrogens (tertiary/aromatic N) is 4. The van der Waals surface area contributed by atoms with Crippen LogP contribution in [0.2, 0.25) is 0 Å². The third-order valence-corrected chi connectivity index (χ3v) is 6.96. The second-order valence-corrected chi connectivity index (χ2v) is 9.32. The quantitative estimate of drug-likeness (QED) is 0.510. The van der Waals surface area contributed by atoms with Crippen molar-refractivity contribution in [2.24, 2.45) is 0 Å². The normalized spacial score (nSPS) is 12.5. The molecule has 3 heterocycles. The Labute approximate surface area is 207 Å². The van der Waals surface area contributed by atoms with Gasteiger partial charge in [-0.1, -0.05) is 18.2 Å². The molecule has 0 saturated heterocycles. The van der Waals surface area contributed by atoms with Crippen LogP contribution >= 0.6 is 11.3 Å². The highest BCUT2D eigenvalue weighted by molar-refractivity contribution is 7.16. The third-order valence-electron chi connectivity index (χ3n) is 5.83.